The zero-order chi connectivity index (χ0) is 16.3. The van der Waals surface area contributed by atoms with Crippen molar-refractivity contribution in [1.29, 1.82) is 0 Å². The molecule has 2 saturated heterocycles. The minimum absolute atomic E-state index is 0.562. The number of hydrogen-bond donors (Lipinski definition) is 0. The molecule has 0 atom stereocenters. The fourth-order valence-electron chi connectivity index (χ4n) is 3.11. The van der Waals surface area contributed by atoms with Crippen LogP contribution in [0.4, 0.5) is 5.69 Å². The van der Waals surface area contributed by atoms with Crippen LogP contribution in [0, 0.1) is 6.92 Å². The summed E-state index contributed by atoms with van der Waals surface area (Å²) in [5.41, 5.74) is 1.60. The van der Waals surface area contributed by atoms with E-state index < -0.39 is 0 Å². The summed E-state index contributed by atoms with van der Waals surface area (Å²) in [6.07, 6.45) is 2.26. The lowest BCUT2D eigenvalue weighted by atomic mass is 10.2. The predicted molar refractivity (Wildman–Crippen MR) is 101 cm³/mol. The number of hydrazine groups is 1. The van der Waals surface area contributed by atoms with E-state index in [2.05, 4.69) is 21.6 Å². The molecular formula is C15H14Cl2N4S2. The largest absolute Gasteiger partial charge is 0.268 e. The number of fused-ring (bicyclic) bond motifs is 2. The van der Waals surface area contributed by atoms with Gasteiger partial charge in [0.1, 0.15) is 11.3 Å². The van der Waals surface area contributed by atoms with E-state index in [0.29, 0.717) is 15.2 Å². The van der Waals surface area contributed by atoms with Crippen LogP contribution in [0.3, 0.4) is 0 Å². The summed E-state index contributed by atoms with van der Waals surface area (Å²) >= 11 is 20.1. The van der Waals surface area contributed by atoms with E-state index in [1.165, 1.54) is 0 Å². The number of thiocarbonyl (C=S) groups is 1. The van der Waals surface area contributed by atoms with Gasteiger partial charge in [-0.1, -0.05) is 29.8 Å². The zero-order valence-electron chi connectivity index (χ0n) is 12.5. The maximum Gasteiger partial charge on any atom is 0.201 e. The number of hydrogen-bond acceptors (Lipinski definition) is 4. The van der Waals surface area contributed by atoms with Gasteiger partial charge in [0.25, 0.3) is 0 Å². The number of rotatable bonds is 1. The van der Waals surface area contributed by atoms with E-state index in [-0.39, 0.29) is 0 Å². The second-order valence-electron chi connectivity index (χ2n) is 5.59. The monoisotopic (exact) mass is 384 g/mol. The molecule has 2 aromatic rings. The molecule has 0 radical (unpaired) electrons. The zero-order valence-corrected chi connectivity index (χ0v) is 15.6. The molecule has 3 heterocycles. The minimum Gasteiger partial charge on any atom is -0.268 e. The minimum atomic E-state index is 0.562. The molecule has 0 amide bonds. The molecule has 2 aliphatic heterocycles. The molecule has 120 valence electrons. The summed E-state index contributed by atoms with van der Waals surface area (Å²) < 4.78 is 0.949. The van der Waals surface area contributed by atoms with Crippen molar-refractivity contribution in [1.82, 2.24) is 15.0 Å². The van der Waals surface area contributed by atoms with Crippen LogP contribution in [0.2, 0.25) is 10.0 Å². The second-order valence-corrected chi connectivity index (χ2v) is 7.97. The number of nitrogens with zero attached hydrogens (tertiary/aromatic N) is 4. The van der Waals surface area contributed by atoms with Gasteiger partial charge in [-0.15, -0.1) is 11.3 Å². The highest BCUT2D eigenvalue weighted by Crippen LogP contribution is 2.45. The molecule has 0 bridgehead atoms. The first-order valence-electron chi connectivity index (χ1n) is 7.32. The van der Waals surface area contributed by atoms with Gasteiger partial charge in [-0.05, 0) is 38.0 Å². The highest BCUT2D eigenvalue weighted by molar-refractivity contribution is 7.80. The van der Waals surface area contributed by atoms with E-state index in [0.717, 1.165) is 52.7 Å². The van der Waals surface area contributed by atoms with Crippen molar-refractivity contribution in [2.24, 2.45) is 0 Å². The van der Waals surface area contributed by atoms with Crippen molar-refractivity contribution in [3.05, 3.63) is 33.5 Å². The lowest BCUT2D eigenvalue weighted by Crippen LogP contribution is -2.42. The van der Waals surface area contributed by atoms with Crippen LogP contribution < -0.4 is 4.90 Å². The molecule has 4 rings (SSSR count). The maximum absolute atomic E-state index is 6.54. The molecule has 1 aromatic heterocycles. The third-order valence-corrected chi connectivity index (χ3v) is 6.08. The van der Waals surface area contributed by atoms with Gasteiger partial charge >= 0.3 is 0 Å². The summed E-state index contributed by atoms with van der Waals surface area (Å²) in [6, 6.07) is 1.74. The molecule has 0 N–H and O–H groups in total. The normalized spacial score (nSPS) is 18.3. The Morgan fingerprint density at radius 2 is 1.91 bits per heavy atom. The highest BCUT2D eigenvalue weighted by atomic mass is 35.5. The van der Waals surface area contributed by atoms with Crippen LogP contribution in [-0.2, 0) is 0 Å². The van der Waals surface area contributed by atoms with Crippen LogP contribution in [0.1, 0.15) is 17.8 Å². The van der Waals surface area contributed by atoms with Gasteiger partial charge in [-0.25, -0.2) is 4.98 Å². The molecule has 2 fully saturated rings. The number of halogens is 2. The first kappa shape index (κ1) is 15.4. The Labute approximate surface area is 153 Å². The van der Waals surface area contributed by atoms with E-state index in [1.54, 1.807) is 17.4 Å². The van der Waals surface area contributed by atoms with E-state index in [9.17, 15) is 0 Å². The van der Waals surface area contributed by atoms with Crippen LogP contribution in [0.5, 0.6) is 0 Å². The fraction of sp³-hybridized carbons (Fsp3) is 0.333. The van der Waals surface area contributed by atoms with E-state index in [4.69, 9.17) is 35.4 Å². The smallest absolute Gasteiger partial charge is 0.201 e. The van der Waals surface area contributed by atoms with Crippen molar-refractivity contribution in [3.63, 3.8) is 0 Å². The van der Waals surface area contributed by atoms with Crippen molar-refractivity contribution in [3.8, 4) is 0 Å². The molecule has 0 spiro atoms. The second kappa shape index (κ2) is 5.48. The average Bonchev–Trinajstić information content (AvgIpc) is 3.02. The molecule has 0 saturated carbocycles. The van der Waals surface area contributed by atoms with Gasteiger partial charge in [0.05, 0.1) is 25.4 Å². The SMILES string of the molecule is C=C1N(c2c(Cl)cc(Cl)c3nc(C)sc23)C(=S)N2CCCCN12. The van der Waals surface area contributed by atoms with Crippen molar-refractivity contribution in [2.75, 3.05) is 18.0 Å². The fourth-order valence-corrected chi connectivity index (χ4v) is 5.18. The number of anilines is 1. The molecular weight excluding hydrogens is 371 g/mol. The quantitative estimate of drug-likeness (QED) is 0.656. The van der Waals surface area contributed by atoms with Gasteiger partial charge in [0.15, 0.2) is 0 Å². The molecule has 2 aliphatic rings. The Kier molecular flexibility index (Phi) is 3.68. The topological polar surface area (TPSA) is 22.6 Å². The Bertz CT molecular complexity index is 824. The first-order chi connectivity index (χ1) is 11.0. The molecule has 23 heavy (non-hydrogen) atoms. The van der Waals surface area contributed by atoms with Crippen LogP contribution in [0.15, 0.2) is 18.5 Å². The summed E-state index contributed by atoms with van der Waals surface area (Å²) in [7, 11) is 0. The highest BCUT2D eigenvalue weighted by Gasteiger charge is 2.39. The van der Waals surface area contributed by atoms with Gasteiger partial charge in [-0.2, -0.15) is 0 Å². The lowest BCUT2D eigenvalue weighted by molar-refractivity contribution is 0.0757. The third-order valence-electron chi connectivity index (χ3n) is 4.13. The van der Waals surface area contributed by atoms with E-state index in [1.807, 2.05) is 11.8 Å². The Hall–Kier alpha value is -1.08. The summed E-state index contributed by atoms with van der Waals surface area (Å²) in [6.45, 7) is 8.03. The predicted octanol–water partition coefficient (Wildman–Crippen LogP) is 4.80. The molecule has 0 aliphatic carbocycles. The maximum atomic E-state index is 6.54. The molecule has 1 aromatic carbocycles. The van der Waals surface area contributed by atoms with Crippen LogP contribution >= 0.6 is 46.8 Å². The van der Waals surface area contributed by atoms with Crippen molar-refractivity contribution in [2.45, 2.75) is 19.8 Å². The Morgan fingerprint density at radius 3 is 2.61 bits per heavy atom. The average molecular weight is 385 g/mol. The molecule has 0 unspecified atom stereocenters. The van der Waals surface area contributed by atoms with Crippen molar-refractivity contribution < 1.29 is 0 Å². The summed E-state index contributed by atoms with van der Waals surface area (Å²) in [4.78, 5) is 6.49. The van der Waals surface area contributed by atoms with Gasteiger partial charge < -0.3 is 0 Å². The number of aromatic nitrogens is 1. The Morgan fingerprint density at radius 1 is 1.22 bits per heavy atom. The number of benzene rings is 1. The van der Waals surface area contributed by atoms with Crippen LogP contribution in [0.25, 0.3) is 10.2 Å². The molecule has 8 heteroatoms. The summed E-state index contributed by atoms with van der Waals surface area (Å²) in [5.74, 6) is 0.839. The Balaban J connectivity index is 1.92. The number of thiazole rings is 1. The number of aryl methyl sites for hydroxylation is 1. The van der Waals surface area contributed by atoms with Gasteiger partial charge in [-0.3, -0.25) is 14.9 Å². The summed E-state index contributed by atoms with van der Waals surface area (Å²) in [5, 5.41) is 7.02. The standard InChI is InChI=1S/C15H14Cl2N4S2/c1-8-18-12-10(16)7-11(17)13(14(12)23-8)21-9(2)19-5-3-4-6-20(19)15(21)22/h7H,2-6H2,1H3. The van der Waals surface area contributed by atoms with E-state index >= 15 is 0 Å². The van der Waals surface area contributed by atoms with Gasteiger partial charge in [0.2, 0.25) is 5.11 Å². The lowest BCUT2D eigenvalue weighted by Gasteiger charge is -2.33. The molecule has 4 nitrogen and oxygen atoms in total. The van der Waals surface area contributed by atoms with Crippen molar-refractivity contribution >= 4 is 67.8 Å². The first-order valence-corrected chi connectivity index (χ1v) is 9.30. The van der Waals surface area contributed by atoms with Gasteiger partial charge in [0, 0.05) is 13.1 Å². The third kappa shape index (κ3) is 2.23. The van der Waals surface area contributed by atoms with Crippen LogP contribution in [-0.4, -0.2) is 33.2 Å².